The molecule has 4 aliphatic rings. The monoisotopic (exact) mass is 742 g/mol. The predicted molar refractivity (Wildman–Crippen MR) is 180 cm³/mol. The van der Waals surface area contributed by atoms with Gasteiger partial charge < -0.3 is 15.2 Å². The van der Waals surface area contributed by atoms with Gasteiger partial charge in [-0.3, -0.25) is 24.1 Å². The maximum atomic E-state index is 14.3. The van der Waals surface area contributed by atoms with E-state index in [1.165, 1.54) is 18.1 Å². The molecule has 8 nitrogen and oxygen atoms in total. The lowest BCUT2D eigenvalue weighted by atomic mass is 9.59. The molecule has 2 N–H and O–H groups in total. The smallest absolute Gasteiger partial charge is 0.238 e. The molecule has 0 aromatic heterocycles. The predicted octanol–water partition coefficient (Wildman–Crippen LogP) is 7.30. The lowest BCUT2D eigenvalue weighted by Crippen LogP contribution is -2.40. The van der Waals surface area contributed by atoms with E-state index >= 15 is 0 Å². The highest BCUT2D eigenvalue weighted by Crippen LogP contribution is 2.57. The third kappa shape index (κ3) is 4.69. The van der Waals surface area contributed by atoms with Crippen LogP contribution in [0.1, 0.15) is 31.2 Å². The fourth-order valence-corrected chi connectivity index (χ4v) is 8.29. The van der Waals surface area contributed by atoms with Gasteiger partial charge >= 0.3 is 0 Å². The van der Waals surface area contributed by atoms with Crippen LogP contribution in [-0.2, 0) is 19.2 Å². The molecule has 4 atom stereocenters. The first-order valence-corrected chi connectivity index (χ1v) is 16.4. The standard InChI is InChI=1S/C36H28Br2N2O6/c1-17-14-26(41)24-15-23-21(28(30(24)33(17)42)25-16-27(46-2)34(43)32(38)31(25)37)12-13-22-29(23)36(45)40(35(22)44)20-10-8-19(9-11-20)39-18-6-4-3-5-7-18/h3-12,14,16,22-23,28-29,39,43H,13,15H2,1-2H3/t22-,23+,28+,29-/m0/s1. The highest BCUT2D eigenvalue weighted by molar-refractivity contribution is 9.13. The normalized spacial score (nSPS) is 23.9. The summed E-state index contributed by atoms with van der Waals surface area (Å²) in [4.78, 5) is 56.7. The van der Waals surface area contributed by atoms with Gasteiger partial charge in [0.25, 0.3) is 0 Å². The molecule has 3 aromatic rings. The summed E-state index contributed by atoms with van der Waals surface area (Å²) in [6, 6.07) is 18.5. The van der Waals surface area contributed by atoms with E-state index in [0.717, 1.165) is 16.9 Å². The number of phenolic OH excluding ortho intramolecular Hbond substituents is 1. The average Bonchev–Trinajstić information content (AvgIpc) is 3.32. The van der Waals surface area contributed by atoms with Gasteiger partial charge in [-0.15, -0.1) is 0 Å². The minimum atomic E-state index is -0.706. The Kier molecular flexibility index (Phi) is 7.60. The number of fused-ring (bicyclic) bond motifs is 3. The number of para-hydroxylation sites is 1. The fourth-order valence-electron chi connectivity index (χ4n) is 7.33. The first kappa shape index (κ1) is 30.4. The van der Waals surface area contributed by atoms with E-state index in [0.29, 0.717) is 43.3 Å². The number of allylic oxidation sites excluding steroid dienone is 6. The molecule has 3 aromatic carbocycles. The van der Waals surface area contributed by atoms with Crippen LogP contribution in [0.3, 0.4) is 0 Å². The van der Waals surface area contributed by atoms with Crippen LogP contribution in [0.25, 0.3) is 0 Å². The molecule has 232 valence electrons. The second-order valence-corrected chi connectivity index (χ2v) is 13.5. The summed E-state index contributed by atoms with van der Waals surface area (Å²) >= 11 is 7.04. The third-order valence-corrected chi connectivity index (χ3v) is 11.6. The second-order valence-electron chi connectivity index (χ2n) is 11.9. The van der Waals surface area contributed by atoms with Gasteiger partial charge in [-0.2, -0.15) is 0 Å². The highest BCUT2D eigenvalue weighted by atomic mass is 79.9. The average molecular weight is 744 g/mol. The summed E-state index contributed by atoms with van der Waals surface area (Å²) in [7, 11) is 1.43. The summed E-state index contributed by atoms with van der Waals surface area (Å²) in [5.74, 6) is -3.52. The van der Waals surface area contributed by atoms with Crippen LogP contribution >= 0.6 is 31.9 Å². The Morgan fingerprint density at radius 2 is 1.61 bits per heavy atom. The van der Waals surface area contributed by atoms with E-state index in [-0.39, 0.29) is 41.3 Å². The van der Waals surface area contributed by atoms with Gasteiger partial charge in [0.1, 0.15) is 0 Å². The number of imide groups is 1. The summed E-state index contributed by atoms with van der Waals surface area (Å²) in [6.45, 7) is 1.62. The van der Waals surface area contributed by atoms with Crippen LogP contribution in [0.5, 0.6) is 11.5 Å². The van der Waals surface area contributed by atoms with E-state index in [1.54, 1.807) is 25.1 Å². The van der Waals surface area contributed by atoms with Crippen molar-refractivity contribution in [3.8, 4) is 11.5 Å². The zero-order chi connectivity index (χ0) is 32.4. The zero-order valence-electron chi connectivity index (χ0n) is 24.8. The number of nitrogens with zero attached hydrogens (tertiary/aromatic N) is 1. The van der Waals surface area contributed by atoms with E-state index < -0.39 is 23.7 Å². The van der Waals surface area contributed by atoms with Gasteiger partial charge in [0.05, 0.1) is 29.1 Å². The number of ether oxygens (including phenoxy) is 1. The van der Waals surface area contributed by atoms with Crippen molar-refractivity contribution < 1.29 is 29.0 Å². The number of amides is 2. The minimum absolute atomic E-state index is 0.114. The topological polar surface area (TPSA) is 113 Å². The Bertz CT molecular complexity index is 1950. The lowest BCUT2D eigenvalue weighted by Gasteiger charge is -2.42. The van der Waals surface area contributed by atoms with E-state index in [4.69, 9.17) is 4.74 Å². The number of Topliss-reactive ketones (excluding diaryl/α,β-unsaturated/α-hetero) is 1. The van der Waals surface area contributed by atoms with Gasteiger partial charge in [-0.1, -0.05) is 29.8 Å². The van der Waals surface area contributed by atoms with Gasteiger partial charge in [0.2, 0.25) is 11.8 Å². The minimum Gasteiger partial charge on any atom is -0.503 e. The molecule has 7 rings (SSSR count). The number of benzene rings is 3. The van der Waals surface area contributed by atoms with Gasteiger partial charge in [0.15, 0.2) is 23.1 Å². The number of halogens is 2. The fraction of sp³-hybridized carbons (Fsp3) is 0.222. The number of methoxy groups -OCH3 is 1. The number of aromatic hydroxyl groups is 1. The summed E-state index contributed by atoms with van der Waals surface area (Å²) < 4.78 is 6.29. The van der Waals surface area contributed by atoms with Crippen LogP contribution in [0.15, 0.2) is 104 Å². The molecule has 1 aliphatic heterocycles. The molecule has 0 radical (unpaired) electrons. The van der Waals surface area contributed by atoms with E-state index in [1.807, 2.05) is 48.5 Å². The van der Waals surface area contributed by atoms with Crippen molar-refractivity contribution in [2.45, 2.75) is 25.7 Å². The van der Waals surface area contributed by atoms with Crippen molar-refractivity contribution >= 4 is 72.3 Å². The first-order chi connectivity index (χ1) is 22.1. The van der Waals surface area contributed by atoms with Crippen LogP contribution in [0, 0.1) is 17.8 Å². The van der Waals surface area contributed by atoms with Crippen LogP contribution in [0.4, 0.5) is 17.1 Å². The van der Waals surface area contributed by atoms with E-state index in [2.05, 4.69) is 37.2 Å². The Morgan fingerprint density at radius 3 is 2.30 bits per heavy atom. The maximum absolute atomic E-state index is 14.3. The van der Waals surface area contributed by atoms with Crippen LogP contribution < -0.4 is 15.0 Å². The van der Waals surface area contributed by atoms with Crippen LogP contribution in [0.2, 0.25) is 0 Å². The molecular formula is C36H28Br2N2O6. The van der Waals surface area contributed by atoms with Crippen molar-refractivity contribution in [3.05, 3.63) is 110 Å². The molecular weight excluding hydrogens is 716 g/mol. The van der Waals surface area contributed by atoms with Gasteiger partial charge in [-0.25, -0.2) is 0 Å². The molecule has 10 heteroatoms. The Morgan fingerprint density at radius 1 is 0.913 bits per heavy atom. The highest BCUT2D eigenvalue weighted by Gasteiger charge is 2.57. The molecule has 0 unspecified atom stereocenters. The number of rotatable bonds is 5. The largest absolute Gasteiger partial charge is 0.503 e. The van der Waals surface area contributed by atoms with Crippen LogP contribution in [-0.4, -0.2) is 35.6 Å². The van der Waals surface area contributed by atoms with E-state index in [9.17, 15) is 24.3 Å². The summed E-state index contributed by atoms with van der Waals surface area (Å²) in [6.07, 6.45) is 3.81. The molecule has 0 spiro atoms. The number of anilines is 3. The lowest BCUT2D eigenvalue weighted by molar-refractivity contribution is -0.123. The Balaban J connectivity index is 1.29. The first-order valence-electron chi connectivity index (χ1n) is 14.9. The molecule has 2 amide bonds. The number of carbonyl (C=O) groups excluding carboxylic acids is 4. The van der Waals surface area contributed by atoms with Crippen molar-refractivity contribution in [2.24, 2.45) is 17.8 Å². The molecule has 1 saturated heterocycles. The number of nitrogens with one attached hydrogen (secondary N) is 1. The maximum Gasteiger partial charge on any atom is 0.238 e. The summed E-state index contributed by atoms with van der Waals surface area (Å²) in [5, 5.41) is 14.0. The van der Waals surface area contributed by atoms with Crippen molar-refractivity contribution in [1.29, 1.82) is 0 Å². The molecule has 0 bridgehead atoms. The van der Waals surface area contributed by atoms with Gasteiger partial charge in [0, 0.05) is 38.5 Å². The second kappa shape index (κ2) is 11.5. The quantitative estimate of drug-likeness (QED) is 0.160. The zero-order valence-corrected chi connectivity index (χ0v) is 28.0. The Labute approximate surface area is 282 Å². The SMILES string of the molecule is COc1cc([C@H]2C3=CC[C@@H]4C(=O)N(c5ccc(Nc6ccccc6)cc5)C(=O)[C@@H]4[C@@H]3CC3=C2C(=O)C(C)=CC3=O)c(Br)c(Br)c1O. The number of phenols is 1. The van der Waals surface area contributed by atoms with Crippen molar-refractivity contribution in [1.82, 2.24) is 0 Å². The molecule has 1 fully saturated rings. The molecule has 46 heavy (non-hydrogen) atoms. The molecule has 0 saturated carbocycles. The van der Waals surface area contributed by atoms with Crippen molar-refractivity contribution in [3.63, 3.8) is 0 Å². The molecule has 3 aliphatic carbocycles. The number of hydrogen-bond donors (Lipinski definition) is 2. The number of carbonyl (C=O) groups is 4. The molecule has 1 heterocycles. The van der Waals surface area contributed by atoms with Crippen molar-refractivity contribution in [2.75, 3.05) is 17.3 Å². The summed E-state index contributed by atoms with van der Waals surface area (Å²) in [5.41, 5.74) is 4.68. The number of hydrogen-bond acceptors (Lipinski definition) is 7. The third-order valence-electron chi connectivity index (χ3n) is 9.46. The van der Waals surface area contributed by atoms with Gasteiger partial charge in [-0.05, 0) is 112 Å². The number of ketones is 2. The Hall–Kier alpha value is -4.28.